The summed E-state index contributed by atoms with van der Waals surface area (Å²) in [7, 11) is 0. The minimum absolute atomic E-state index is 0. The van der Waals surface area contributed by atoms with Crippen molar-refractivity contribution in [2.45, 2.75) is 52.4 Å². The van der Waals surface area contributed by atoms with Gasteiger partial charge in [-0.2, -0.15) is 0 Å². The van der Waals surface area contributed by atoms with Crippen LogP contribution in [0.4, 0.5) is 0 Å². The van der Waals surface area contributed by atoms with Gasteiger partial charge < -0.3 is 14.4 Å². The van der Waals surface area contributed by atoms with Gasteiger partial charge in [0.2, 0.25) is 0 Å². The topological polar surface area (TPSA) is 77.0 Å². The Balaban J connectivity index is 0.00000119. The molecule has 0 aliphatic carbocycles. The van der Waals surface area contributed by atoms with Gasteiger partial charge in [-0.05, 0) is 56.3 Å². The Labute approximate surface area is 267 Å². The maximum absolute atomic E-state index is 8.00. The first kappa shape index (κ1) is 36.5. The smallest absolute Gasteiger partial charge is 0.130 e. The summed E-state index contributed by atoms with van der Waals surface area (Å²) in [5.74, 6) is 0. The van der Waals surface area contributed by atoms with E-state index in [2.05, 4.69) is 108 Å². The number of hydrogen-bond donors (Lipinski definition) is 0. The number of nitrogens with zero attached hydrogens (tertiary/aromatic N) is 2. The second-order valence-corrected chi connectivity index (χ2v) is 11.8. The van der Waals surface area contributed by atoms with Crippen molar-refractivity contribution in [1.29, 1.82) is 0 Å². The Bertz CT molecular complexity index is 1600. The summed E-state index contributed by atoms with van der Waals surface area (Å²) in [5.41, 5.74) is 9.08. The minimum atomic E-state index is 0. The molecule has 0 bridgehead atoms. The zero-order valence-electron chi connectivity index (χ0n) is 25.0. The van der Waals surface area contributed by atoms with Crippen LogP contribution >= 0.6 is 11.6 Å². The molecule has 5 nitrogen and oxygen atoms in total. The third kappa shape index (κ3) is 8.04. The Hall–Kier alpha value is -3.56. The summed E-state index contributed by atoms with van der Waals surface area (Å²) < 4.78 is 0. The predicted molar refractivity (Wildman–Crippen MR) is 172 cm³/mol. The van der Waals surface area contributed by atoms with Gasteiger partial charge in [0.05, 0.1) is 11.0 Å². The number of fused-ring (bicyclic) bond motifs is 3. The largest absolute Gasteiger partial charge is 0.307 e. The fourth-order valence-corrected chi connectivity index (χ4v) is 4.85. The predicted octanol–water partition coefficient (Wildman–Crippen LogP) is 8.81. The first-order valence-corrected chi connectivity index (χ1v) is 13.4. The maximum Gasteiger partial charge on any atom is 0.130 e. The number of aromatic nitrogens is 2. The van der Waals surface area contributed by atoms with E-state index in [1.165, 1.54) is 16.7 Å². The van der Waals surface area contributed by atoms with Gasteiger partial charge in [-0.1, -0.05) is 114 Å². The number of carbonyl (C=O) groups excluding carboxylic acids is 3. The van der Waals surface area contributed by atoms with Crippen molar-refractivity contribution >= 4 is 53.8 Å². The number of carbonyl (C=O) groups is 3. The van der Waals surface area contributed by atoms with Crippen LogP contribution in [0.1, 0.15) is 52.7 Å². The van der Waals surface area contributed by atoms with Crippen LogP contribution in [-0.2, 0) is 45.6 Å². The van der Waals surface area contributed by atoms with E-state index >= 15 is 0 Å². The standard InChI is InChI=1S/C32H31ClN2.3CH2O.Re/c1-31(2,3)22-11-7-20(8-12-22)24-17-18-34-29-25(24)15-16-26-27(19-28(33)35-30(26)29)21-9-13-23(14-10-21)32(4,5)6;3*1-2;/h7-19H,1-6H3;3*1H2;. The molecule has 5 aromatic rings. The normalized spacial score (nSPS) is 10.6. The van der Waals surface area contributed by atoms with Gasteiger partial charge in [-0.3, -0.25) is 4.98 Å². The van der Waals surface area contributed by atoms with Gasteiger partial charge in [-0.15, -0.1) is 0 Å². The molecule has 0 spiro atoms. The number of hydrogen-bond acceptors (Lipinski definition) is 5. The summed E-state index contributed by atoms with van der Waals surface area (Å²) in [6.07, 6.45) is 1.87. The average molecular weight is 755 g/mol. The molecule has 0 unspecified atom stereocenters. The van der Waals surface area contributed by atoms with Crippen LogP contribution in [0.3, 0.4) is 0 Å². The maximum atomic E-state index is 8.00. The Morgan fingerprint density at radius 1 is 0.571 bits per heavy atom. The molecule has 0 fully saturated rings. The molecule has 0 N–H and O–H groups in total. The molecule has 2 heterocycles. The second kappa shape index (κ2) is 15.6. The van der Waals surface area contributed by atoms with E-state index in [-0.39, 0.29) is 31.3 Å². The molecular weight excluding hydrogens is 718 g/mol. The molecule has 2 aromatic heterocycles. The summed E-state index contributed by atoms with van der Waals surface area (Å²) in [6, 6.07) is 26.0. The van der Waals surface area contributed by atoms with Crippen LogP contribution in [0.25, 0.3) is 44.1 Å². The van der Waals surface area contributed by atoms with Gasteiger partial charge in [0.15, 0.2) is 0 Å². The SMILES string of the molecule is C=O.C=O.C=O.CC(C)(C)c1ccc(-c2ccnc3c2ccc2c(-c4ccc(C(C)(C)C)cc4)cc(Cl)nc23)cc1.[Re]. The van der Waals surface area contributed by atoms with Crippen molar-refractivity contribution in [3.05, 3.63) is 95.3 Å². The van der Waals surface area contributed by atoms with Crippen molar-refractivity contribution in [2.24, 2.45) is 0 Å². The fraction of sp³-hybridized carbons (Fsp3) is 0.229. The average Bonchev–Trinajstić information content (AvgIpc) is 2.98. The van der Waals surface area contributed by atoms with Gasteiger partial charge in [-0.25, -0.2) is 4.98 Å². The quantitative estimate of drug-likeness (QED) is 0.133. The Morgan fingerprint density at radius 2 is 0.976 bits per heavy atom. The van der Waals surface area contributed by atoms with Crippen LogP contribution in [0, 0.1) is 0 Å². The molecule has 0 saturated carbocycles. The Morgan fingerprint density at radius 3 is 1.40 bits per heavy atom. The van der Waals surface area contributed by atoms with Crippen molar-refractivity contribution in [1.82, 2.24) is 9.97 Å². The summed E-state index contributed by atoms with van der Waals surface area (Å²) >= 11 is 6.56. The fourth-order valence-electron chi connectivity index (χ4n) is 4.66. The monoisotopic (exact) mass is 755 g/mol. The van der Waals surface area contributed by atoms with E-state index in [0.29, 0.717) is 5.15 Å². The third-order valence-electron chi connectivity index (χ3n) is 6.78. The van der Waals surface area contributed by atoms with E-state index in [4.69, 9.17) is 36.0 Å². The summed E-state index contributed by atoms with van der Waals surface area (Å²) in [4.78, 5) is 33.5. The van der Waals surface area contributed by atoms with Gasteiger partial charge >= 0.3 is 0 Å². The first-order chi connectivity index (χ1) is 19.5. The molecule has 1 radical (unpaired) electrons. The number of pyridine rings is 2. The number of halogens is 1. The van der Waals surface area contributed by atoms with Crippen molar-refractivity contribution < 1.29 is 34.8 Å². The molecule has 0 aliphatic rings. The zero-order chi connectivity index (χ0) is 31.0. The molecule has 5 rings (SSSR count). The van der Waals surface area contributed by atoms with Crippen LogP contribution in [0.15, 0.2) is 79.0 Å². The molecule has 0 atom stereocenters. The Kier molecular flexibility index (Phi) is 13.6. The van der Waals surface area contributed by atoms with Crippen LogP contribution in [0.2, 0.25) is 5.15 Å². The zero-order valence-corrected chi connectivity index (χ0v) is 28.5. The molecule has 7 heteroatoms. The second-order valence-electron chi connectivity index (χ2n) is 11.4. The summed E-state index contributed by atoms with van der Waals surface area (Å²) in [6.45, 7) is 19.4. The molecule has 0 aliphatic heterocycles. The van der Waals surface area contributed by atoms with E-state index < -0.39 is 0 Å². The van der Waals surface area contributed by atoms with E-state index in [1.54, 1.807) is 0 Å². The molecule has 0 saturated heterocycles. The molecular formula is C35H37ClN2O3Re. The molecule has 42 heavy (non-hydrogen) atoms. The van der Waals surface area contributed by atoms with Gasteiger partial charge in [0, 0.05) is 37.4 Å². The number of rotatable bonds is 2. The van der Waals surface area contributed by atoms with Crippen molar-refractivity contribution in [3.8, 4) is 22.3 Å². The number of benzene rings is 3. The van der Waals surface area contributed by atoms with Crippen molar-refractivity contribution in [2.75, 3.05) is 0 Å². The first-order valence-electron chi connectivity index (χ1n) is 13.0. The molecule has 0 amide bonds. The molecule has 3 aromatic carbocycles. The molecule has 219 valence electrons. The van der Waals surface area contributed by atoms with Gasteiger partial charge in [0.25, 0.3) is 0 Å². The van der Waals surface area contributed by atoms with Crippen LogP contribution in [-0.4, -0.2) is 30.3 Å². The van der Waals surface area contributed by atoms with E-state index in [0.717, 1.165) is 38.5 Å². The third-order valence-corrected chi connectivity index (χ3v) is 6.98. The van der Waals surface area contributed by atoms with E-state index in [9.17, 15) is 0 Å². The van der Waals surface area contributed by atoms with Crippen LogP contribution < -0.4 is 0 Å². The van der Waals surface area contributed by atoms with Gasteiger partial charge in [0.1, 0.15) is 25.5 Å². The summed E-state index contributed by atoms with van der Waals surface area (Å²) in [5, 5.41) is 2.60. The van der Waals surface area contributed by atoms with Crippen LogP contribution in [0.5, 0.6) is 0 Å². The van der Waals surface area contributed by atoms with E-state index in [1.807, 2.05) is 32.6 Å². The minimum Gasteiger partial charge on any atom is -0.307 e. The van der Waals surface area contributed by atoms with Crippen molar-refractivity contribution in [3.63, 3.8) is 0 Å².